The molecule has 3 amide bonds. The molecular formula is C23H14N4O8. The molecule has 0 aliphatic carbocycles. The van der Waals surface area contributed by atoms with Crippen molar-refractivity contribution in [2.45, 2.75) is 0 Å². The second-order valence-electron chi connectivity index (χ2n) is 7.33. The number of Topliss-reactive ketones (excluding diaryl/α,β-unsaturated/α-hetero) is 1. The number of benzene rings is 3. The maximum absolute atomic E-state index is 13.4. The smallest absolute Gasteiger partial charge is 0.282 e. The van der Waals surface area contributed by atoms with Crippen LogP contribution in [0.2, 0.25) is 0 Å². The van der Waals surface area contributed by atoms with Gasteiger partial charge in [-0.15, -0.1) is 0 Å². The molecule has 0 saturated heterocycles. The van der Waals surface area contributed by atoms with Crippen LogP contribution in [0.25, 0.3) is 0 Å². The summed E-state index contributed by atoms with van der Waals surface area (Å²) >= 11 is 0. The highest BCUT2D eigenvalue weighted by Crippen LogP contribution is 2.27. The number of hydrazine groups is 1. The third kappa shape index (κ3) is 4.11. The maximum atomic E-state index is 13.4. The monoisotopic (exact) mass is 474 g/mol. The molecule has 0 radical (unpaired) electrons. The van der Waals surface area contributed by atoms with E-state index in [9.17, 15) is 39.4 Å². The molecule has 1 heterocycles. The Morgan fingerprint density at radius 2 is 1.31 bits per heavy atom. The zero-order chi connectivity index (χ0) is 25.3. The van der Waals surface area contributed by atoms with Gasteiger partial charge in [0.1, 0.15) is 12.1 Å². The van der Waals surface area contributed by atoms with Crippen molar-refractivity contribution in [3.05, 3.63) is 115 Å². The van der Waals surface area contributed by atoms with Crippen LogP contribution in [0, 0.1) is 20.2 Å². The van der Waals surface area contributed by atoms with Crippen molar-refractivity contribution in [1.82, 2.24) is 10.0 Å². The summed E-state index contributed by atoms with van der Waals surface area (Å²) in [5, 5.41) is 23.4. The lowest BCUT2D eigenvalue weighted by Crippen LogP contribution is -2.51. The average Bonchev–Trinajstić information content (AvgIpc) is 3.12. The Hall–Kier alpha value is -5.26. The lowest BCUT2D eigenvalue weighted by molar-refractivity contribution is -0.385. The Balaban J connectivity index is 1.76. The zero-order valence-corrected chi connectivity index (χ0v) is 17.7. The molecule has 12 heteroatoms. The predicted molar refractivity (Wildman–Crippen MR) is 119 cm³/mol. The number of nitrogens with zero attached hydrogens (tertiary/aromatic N) is 4. The van der Waals surface area contributed by atoms with E-state index >= 15 is 0 Å². The molecule has 1 aliphatic heterocycles. The van der Waals surface area contributed by atoms with E-state index in [4.69, 9.17) is 0 Å². The summed E-state index contributed by atoms with van der Waals surface area (Å²) in [5.41, 5.74) is -1.32. The van der Waals surface area contributed by atoms with E-state index in [1.807, 2.05) is 0 Å². The normalized spacial score (nSPS) is 12.3. The van der Waals surface area contributed by atoms with Crippen LogP contribution in [0.5, 0.6) is 0 Å². The second kappa shape index (κ2) is 8.94. The molecule has 174 valence electrons. The molecule has 0 aromatic heterocycles. The van der Waals surface area contributed by atoms with Crippen LogP contribution < -0.4 is 0 Å². The van der Waals surface area contributed by atoms with Gasteiger partial charge in [0.2, 0.25) is 0 Å². The Morgan fingerprint density at radius 3 is 1.86 bits per heavy atom. The van der Waals surface area contributed by atoms with Gasteiger partial charge >= 0.3 is 0 Å². The number of rotatable bonds is 7. The zero-order valence-electron chi connectivity index (χ0n) is 17.7. The minimum absolute atomic E-state index is 0.000598. The number of hydrogen-bond acceptors (Lipinski definition) is 8. The molecule has 35 heavy (non-hydrogen) atoms. The molecule has 0 unspecified atom stereocenters. The number of amides is 3. The van der Waals surface area contributed by atoms with Gasteiger partial charge in [0.05, 0.1) is 21.0 Å². The van der Waals surface area contributed by atoms with Gasteiger partial charge in [-0.05, 0) is 30.3 Å². The van der Waals surface area contributed by atoms with Crippen molar-refractivity contribution in [1.29, 1.82) is 0 Å². The Bertz CT molecular complexity index is 1380. The van der Waals surface area contributed by atoms with Gasteiger partial charge < -0.3 is 0 Å². The number of carbonyl (C=O) groups is 4. The summed E-state index contributed by atoms with van der Waals surface area (Å²) in [5.74, 6) is -3.64. The third-order valence-corrected chi connectivity index (χ3v) is 5.27. The van der Waals surface area contributed by atoms with Crippen LogP contribution in [0.1, 0.15) is 41.4 Å². The summed E-state index contributed by atoms with van der Waals surface area (Å²) in [6.07, 6.45) is 0. The molecule has 0 bridgehead atoms. The van der Waals surface area contributed by atoms with Crippen molar-refractivity contribution in [3.8, 4) is 0 Å². The van der Waals surface area contributed by atoms with Gasteiger partial charge in [0.25, 0.3) is 29.1 Å². The standard InChI is InChI=1S/C23H14N4O8/c28-20(14-9-11-15(12-10-14)26(32)33)13-24(21(29)18-7-3-4-8-19(18)27(34)35)25-22(30)16-5-1-2-6-17(16)23(25)31/h1-12H,13H2. The number of nitro groups is 2. The summed E-state index contributed by atoms with van der Waals surface area (Å²) < 4.78 is 0. The first kappa shape index (κ1) is 22.9. The van der Waals surface area contributed by atoms with Gasteiger partial charge in [-0.2, -0.15) is 5.01 Å². The third-order valence-electron chi connectivity index (χ3n) is 5.27. The number of imide groups is 1. The van der Waals surface area contributed by atoms with Crippen LogP contribution in [0.15, 0.2) is 72.8 Å². The maximum Gasteiger partial charge on any atom is 0.282 e. The second-order valence-corrected chi connectivity index (χ2v) is 7.33. The van der Waals surface area contributed by atoms with E-state index in [1.165, 1.54) is 36.4 Å². The summed E-state index contributed by atoms with van der Waals surface area (Å²) in [4.78, 5) is 73.4. The fourth-order valence-corrected chi connectivity index (χ4v) is 3.58. The average molecular weight is 474 g/mol. The molecule has 0 atom stereocenters. The first-order chi connectivity index (χ1) is 16.7. The number of nitro benzene ring substituents is 2. The van der Waals surface area contributed by atoms with Crippen LogP contribution in [0.4, 0.5) is 11.4 Å². The highest BCUT2D eigenvalue weighted by atomic mass is 16.6. The number of fused-ring (bicyclic) bond motifs is 1. The number of para-hydroxylation sites is 1. The molecule has 4 rings (SSSR count). The van der Waals surface area contributed by atoms with Gasteiger partial charge in [-0.3, -0.25) is 39.4 Å². The number of non-ortho nitro benzene ring substituents is 1. The molecule has 0 saturated carbocycles. The van der Waals surface area contributed by atoms with Crippen LogP contribution >= 0.6 is 0 Å². The lowest BCUT2D eigenvalue weighted by atomic mass is 10.1. The van der Waals surface area contributed by atoms with Crippen molar-refractivity contribution >= 4 is 34.9 Å². The van der Waals surface area contributed by atoms with Crippen LogP contribution in [-0.2, 0) is 0 Å². The van der Waals surface area contributed by atoms with E-state index < -0.39 is 51.1 Å². The number of carbonyl (C=O) groups excluding carboxylic acids is 4. The lowest BCUT2D eigenvalue weighted by Gasteiger charge is -2.29. The summed E-state index contributed by atoms with van der Waals surface area (Å²) in [6, 6.07) is 15.2. The van der Waals surface area contributed by atoms with Gasteiger partial charge in [-0.25, -0.2) is 5.01 Å². The first-order valence-electron chi connectivity index (χ1n) is 10.0. The van der Waals surface area contributed by atoms with Gasteiger partial charge in [-0.1, -0.05) is 24.3 Å². The molecule has 12 nitrogen and oxygen atoms in total. The van der Waals surface area contributed by atoms with Crippen LogP contribution in [0.3, 0.4) is 0 Å². The van der Waals surface area contributed by atoms with Crippen molar-refractivity contribution in [3.63, 3.8) is 0 Å². The van der Waals surface area contributed by atoms with E-state index in [-0.39, 0.29) is 22.4 Å². The fourth-order valence-electron chi connectivity index (χ4n) is 3.58. The minimum Gasteiger partial charge on any atom is -0.292 e. The highest BCUT2D eigenvalue weighted by Gasteiger charge is 2.43. The molecule has 0 N–H and O–H groups in total. The Labute approximate surface area is 196 Å². The SMILES string of the molecule is O=C(CN(C(=O)c1ccccc1[N+](=O)[O-])N1C(=O)c2ccccc2C1=O)c1ccc([N+](=O)[O-])cc1. The van der Waals surface area contributed by atoms with Gasteiger partial charge in [0, 0.05) is 23.8 Å². The van der Waals surface area contributed by atoms with E-state index in [0.717, 1.165) is 36.4 Å². The molecule has 1 aliphatic rings. The highest BCUT2D eigenvalue weighted by molar-refractivity contribution is 6.22. The van der Waals surface area contributed by atoms with Crippen molar-refractivity contribution in [2.24, 2.45) is 0 Å². The Kier molecular flexibility index (Phi) is 5.85. The van der Waals surface area contributed by atoms with E-state index in [1.54, 1.807) is 0 Å². The molecule has 3 aromatic carbocycles. The molecule has 0 fully saturated rings. The predicted octanol–water partition coefficient (Wildman–Crippen LogP) is 3.04. The minimum atomic E-state index is -1.12. The summed E-state index contributed by atoms with van der Waals surface area (Å²) in [7, 11) is 0. The van der Waals surface area contributed by atoms with Crippen molar-refractivity contribution < 1.29 is 29.0 Å². The molecule has 0 spiro atoms. The van der Waals surface area contributed by atoms with Crippen LogP contribution in [-0.4, -0.2) is 49.9 Å². The largest absolute Gasteiger partial charge is 0.292 e. The number of hydrogen-bond donors (Lipinski definition) is 0. The molecular weight excluding hydrogens is 460 g/mol. The number of ketones is 1. The fraction of sp³-hybridized carbons (Fsp3) is 0.0435. The van der Waals surface area contributed by atoms with Gasteiger partial charge in [0.15, 0.2) is 5.78 Å². The van der Waals surface area contributed by atoms with E-state index in [2.05, 4.69) is 0 Å². The molecule has 3 aromatic rings. The van der Waals surface area contributed by atoms with E-state index in [0.29, 0.717) is 10.0 Å². The first-order valence-corrected chi connectivity index (χ1v) is 10.0. The topological polar surface area (TPSA) is 161 Å². The van der Waals surface area contributed by atoms with Crippen molar-refractivity contribution in [2.75, 3.05) is 6.54 Å². The quantitative estimate of drug-likeness (QED) is 0.218. The Morgan fingerprint density at radius 1 is 0.771 bits per heavy atom. The summed E-state index contributed by atoms with van der Waals surface area (Å²) in [6.45, 7) is -0.839.